The van der Waals surface area contributed by atoms with Gasteiger partial charge in [-0.2, -0.15) is 0 Å². The fourth-order valence-corrected chi connectivity index (χ4v) is 7.32. The Bertz CT molecular complexity index is 906. The van der Waals surface area contributed by atoms with Crippen LogP contribution in [0.5, 0.6) is 0 Å². The minimum absolute atomic E-state index is 0.00530. The van der Waals surface area contributed by atoms with Gasteiger partial charge >= 0.3 is 0 Å². The summed E-state index contributed by atoms with van der Waals surface area (Å²) in [7, 11) is -5.25. The highest BCUT2D eigenvalue weighted by atomic mass is 33.1. The van der Waals surface area contributed by atoms with E-state index >= 15 is 0 Å². The number of likely N-dealkylation sites (tertiary alicyclic amines) is 2. The average Bonchev–Trinajstić information content (AvgIpc) is 3.49. The number of amides is 2. The molecule has 0 bridgehead atoms. The number of β-amino-alcohol motifs (C(OH)–C–C–N with tert-alkyl or cyclic N) is 1. The highest BCUT2D eigenvalue weighted by Gasteiger charge is 2.39. The van der Waals surface area contributed by atoms with Crippen molar-refractivity contribution < 1.29 is 51.7 Å². The van der Waals surface area contributed by atoms with Crippen molar-refractivity contribution in [3.63, 3.8) is 0 Å². The molecule has 3 N–H and O–H groups in total. The van der Waals surface area contributed by atoms with Gasteiger partial charge < -0.3 is 48.5 Å². The molecular formula is C22H41N3O11P2S2-2. The van der Waals surface area contributed by atoms with E-state index in [2.05, 4.69) is 4.52 Å². The third-order valence-corrected chi connectivity index (χ3v) is 10.4. The van der Waals surface area contributed by atoms with Crippen molar-refractivity contribution in [3.8, 4) is 0 Å². The molecule has 40 heavy (non-hydrogen) atoms. The molecular weight excluding hydrogens is 608 g/mol. The van der Waals surface area contributed by atoms with Crippen LogP contribution < -0.4 is 15.5 Å². The molecule has 0 radical (unpaired) electrons. The van der Waals surface area contributed by atoms with E-state index < -0.39 is 46.5 Å². The average molecular weight is 650 g/mol. The zero-order valence-corrected chi connectivity index (χ0v) is 26.3. The fraction of sp³-hybridized carbons (Fsp3) is 0.909. The summed E-state index contributed by atoms with van der Waals surface area (Å²) >= 11 is 0. The maximum atomic E-state index is 12.8. The zero-order valence-electron chi connectivity index (χ0n) is 22.9. The Morgan fingerprint density at radius 3 is 2.17 bits per heavy atom. The number of nitrogens with zero attached hydrogens (tertiary/aromatic N) is 2. The molecule has 0 aromatic rings. The van der Waals surface area contributed by atoms with Crippen LogP contribution in [0.2, 0.25) is 0 Å². The number of unbranched alkanes of at least 4 members (excludes halogenated alkanes) is 2. The van der Waals surface area contributed by atoms with Crippen molar-refractivity contribution in [1.29, 1.82) is 0 Å². The number of aliphatic hydroxyl groups excluding tert-OH is 1. The van der Waals surface area contributed by atoms with E-state index in [1.165, 1.54) is 9.80 Å². The third kappa shape index (κ3) is 12.6. The molecule has 18 heteroatoms. The van der Waals surface area contributed by atoms with Crippen molar-refractivity contribution in [2.75, 3.05) is 52.0 Å². The van der Waals surface area contributed by atoms with Crippen LogP contribution in [0.15, 0.2) is 0 Å². The second kappa shape index (κ2) is 17.8. The van der Waals surface area contributed by atoms with Crippen molar-refractivity contribution in [3.05, 3.63) is 0 Å². The molecule has 14 nitrogen and oxygen atoms in total. The summed E-state index contributed by atoms with van der Waals surface area (Å²) in [6.45, 7) is -0.290. The van der Waals surface area contributed by atoms with Crippen molar-refractivity contribution >= 4 is 49.0 Å². The Balaban J connectivity index is 1.95. The highest BCUT2D eigenvalue weighted by Crippen LogP contribution is 2.44. The van der Waals surface area contributed by atoms with E-state index in [0.29, 0.717) is 19.4 Å². The Kier molecular flexibility index (Phi) is 16.0. The normalized spacial score (nSPS) is 26.1. The number of carbonyl (C=O) groups excluding carboxylic acids is 2. The van der Waals surface area contributed by atoms with Crippen LogP contribution in [-0.2, 0) is 36.8 Å². The van der Waals surface area contributed by atoms with Crippen LogP contribution in [-0.4, -0.2) is 103 Å². The molecule has 0 aromatic heterocycles. The van der Waals surface area contributed by atoms with Crippen LogP contribution >= 0.6 is 37.2 Å². The van der Waals surface area contributed by atoms with Crippen molar-refractivity contribution in [2.24, 2.45) is 5.73 Å². The van der Waals surface area contributed by atoms with Crippen LogP contribution in [0.1, 0.15) is 51.4 Å². The number of aliphatic hydroxyl groups is 1. The molecule has 0 aliphatic carbocycles. The Morgan fingerprint density at radius 1 is 0.950 bits per heavy atom. The molecule has 2 saturated heterocycles. The van der Waals surface area contributed by atoms with E-state index in [-0.39, 0.29) is 57.2 Å². The lowest BCUT2D eigenvalue weighted by atomic mass is 10.1. The van der Waals surface area contributed by atoms with Gasteiger partial charge in [0.25, 0.3) is 15.6 Å². The summed E-state index contributed by atoms with van der Waals surface area (Å²) in [5, 5.41) is 10.1. The molecule has 2 unspecified atom stereocenters. The number of hydrogen-bond donors (Lipinski definition) is 2. The maximum absolute atomic E-state index is 12.8. The van der Waals surface area contributed by atoms with Crippen LogP contribution in [0.3, 0.4) is 0 Å². The molecule has 234 valence electrons. The van der Waals surface area contributed by atoms with Gasteiger partial charge in [-0.3, -0.25) is 18.7 Å². The molecule has 0 saturated carbocycles. The molecule has 2 heterocycles. The second-order valence-corrected chi connectivity index (χ2v) is 15.2. The highest BCUT2D eigenvalue weighted by molar-refractivity contribution is 8.76. The van der Waals surface area contributed by atoms with Crippen LogP contribution in [0.25, 0.3) is 0 Å². The molecule has 2 rings (SSSR count). The van der Waals surface area contributed by atoms with Gasteiger partial charge in [0.15, 0.2) is 0 Å². The van der Waals surface area contributed by atoms with E-state index in [9.17, 15) is 33.6 Å². The molecule has 2 amide bonds. The summed E-state index contributed by atoms with van der Waals surface area (Å²) in [5.41, 5.74) is 5.49. The fourth-order valence-electron chi connectivity index (χ4n) is 4.64. The van der Waals surface area contributed by atoms with Gasteiger partial charge in [0.1, 0.15) is 0 Å². The van der Waals surface area contributed by atoms with Gasteiger partial charge in [0.2, 0.25) is 11.8 Å². The second-order valence-electron chi connectivity index (χ2n) is 9.61. The molecule has 0 aromatic carbocycles. The molecule has 2 aliphatic rings. The molecule has 2 aliphatic heterocycles. The Morgan fingerprint density at radius 2 is 1.55 bits per heavy atom. The quantitative estimate of drug-likeness (QED) is 0.113. The van der Waals surface area contributed by atoms with E-state index in [1.807, 2.05) is 6.26 Å². The monoisotopic (exact) mass is 649 g/mol. The first-order valence-electron chi connectivity index (χ1n) is 13.2. The van der Waals surface area contributed by atoms with Gasteiger partial charge in [-0.1, -0.05) is 28.0 Å². The summed E-state index contributed by atoms with van der Waals surface area (Å²) in [5.74, 6) is 0.327. The first-order chi connectivity index (χ1) is 18.9. The van der Waals surface area contributed by atoms with Crippen LogP contribution in [0.4, 0.5) is 0 Å². The van der Waals surface area contributed by atoms with Gasteiger partial charge in [-0.25, -0.2) is 0 Å². The summed E-state index contributed by atoms with van der Waals surface area (Å²) < 4.78 is 43.8. The number of rotatable bonds is 19. The van der Waals surface area contributed by atoms with Gasteiger partial charge in [0, 0.05) is 38.8 Å². The smallest absolute Gasteiger partial charge is 0.268 e. The lowest BCUT2D eigenvalue weighted by molar-refractivity contribution is -0.230. The Labute approximate surface area is 243 Å². The van der Waals surface area contributed by atoms with Crippen molar-refractivity contribution in [1.82, 2.24) is 9.80 Å². The van der Waals surface area contributed by atoms with Crippen LogP contribution in [0, 0.1) is 0 Å². The largest absolute Gasteiger partial charge is 0.756 e. The predicted octanol–water partition coefficient (Wildman–Crippen LogP) is 0.861. The molecule has 6 atom stereocenters. The molecule has 2 fully saturated rings. The summed E-state index contributed by atoms with van der Waals surface area (Å²) in [6, 6.07) is -1.38. The maximum Gasteiger partial charge on any atom is 0.268 e. The number of hydrogen-bond acceptors (Lipinski definition) is 14. The number of nitrogens with two attached hydrogens (primary N) is 1. The first-order valence-corrected chi connectivity index (χ1v) is 18.8. The zero-order chi connectivity index (χ0) is 29.8. The lowest BCUT2D eigenvalue weighted by Gasteiger charge is -2.30. The SMILES string of the molecule is COP(=O)([O-])OC[C@@H]1C[C@@H](OP(=O)([O-])OC[C@@H]2C[C@@H](O)CN2C(=O)CCCSSC)CN1C(=O)CCCCCN. The van der Waals surface area contributed by atoms with E-state index in [1.54, 1.807) is 21.6 Å². The standard InChI is InChI=1S/C22H43N3O11P2S2/c1-33-37(29,30)34-16-18-12-20(14-25(18)21(27)7-4-3-5-9-23)36-38(31,32)35-15-17-11-19(26)13-24(17)22(28)8-6-10-40-39-2/h17-20,26H,3-16,23H2,1-2H3,(H,29,30)(H,31,32)/p-2/t17-,18-,19+,20+/m0/s1. The minimum Gasteiger partial charge on any atom is -0.756 e. The predicted molar refractivity (Wildman–Crippen MR) is 148 cm³/mol. The van der Waals surface area contributed by atoms with Crippen molar-refractivity contribution in [2.45, 2.75) is 75.7 Å². The van der Waals surface area contributed by atoms with E-state index in [0.717, 1.165) is 25.7 Å². The lowest BCUT2D eigenvalue weighted by Crippen LogP contribution is -2.39. The Hall–Kier alpha value is -0.220. The van der Waals surface area contributed by atoms with Gasteiger partial charge in [-0.15, -0.1) is 0 Å². The third-order valence-electron chi connectivity index (χ3n) is 6.59. The van der Waals surface area contributed by atoms with Gasteiger partial charge in [0.05, 0.1) is 37.5 Å². The topological polar surface area (TPSA) is 204 Å². The number of carbonyl (C=O) groups is 2. The number of phosphoric acid groups is 2. The minimum atomic E-state index is -4.88. The summed E-state index contributed by atoms with van der Waals surface area (Å²) in [4.78, 5) is 52.6. The van der Waals surface area contributed by atoms with Gasteiger partial charge in [-0.05, 0) is 44.9 Å². The number of phosphoric ester groups is 2. The summed E-state index contributed by atoms with van der Waals surface area (Å²) in [6.07, 6.45) is 3.55. The van der Waals surface area contributed by atoms with E-state index in [4.69, 9.17) is 19.3 Å². The first kappa shape index (κ1) is 36.0. The molecule has 0 spiro atoms.